The van der Waals surface area contributed by atoms with Gasteiger partial charge in [-0.1, -0.05) is 32.0 Å². The molecule has 1 aliphatic carbocycles. The van der Waals surface area contributed by atoms with Gasteiger partial charge in [0.15, 0.2) is 0 Å². The van der Waals surface area contributed by atoms with Crippen LogP contribution in [0.3, 0.4) is 0 Å². The first-order valence-corrected chi connectivity index (χ1v) is 7.47. The molecule has 0 saturated heterocycles. The van der Waals surface area contributed by atoms with E-state index in [0.29, 0.717) is 18.6 Å². The van der Waals surface area contributed by atoms with E-state index in [-0.39, 0.29) is 0 Å². The summed E-state index contributed by atoms with van der Waals surface area (Å²) in [7, 11) is 0. The minimum absolute atomic E-state index is 0.510. The molecule has 106 valence electrons. The Morgan fingerprint density at radius 3 is 2.85 bits per heavy atom. The van der Waals surface area contributed by atoms with Gasteiger partial charge in [-0.05, 0) is 30.4 Å². The van der Waals surface area contributed by atoms with Gasteiger partial charge in [-0.15, -0.1) is 0 Å². The van der Waals surface area contributed by atoms with Gasteiger partial charge in [0.2, 0.25) is 5.88 Å². The molecular formula is C17H22N2O. The molecule has 0 radical (unpaired) electrons. The number of hydrogen-bond acceptors (Lipinski definition) is 3. The molecule has 1 aromatic carbocycles. The lowest BCUT2D eigenvalue weighted by molar-refractivity contribution is 0.262. The van der Waals surface area contributed by atoms with Crippen LogP contribution in [0.4, 0.5) is 0 Å². The number of benzene rings is 1. The van der Waals surface area contributed by atoms with Gasteiger partial charge in [-0.3, -0.25) is 0 Å². The van der Waals surface area contributed by atoms with Crippen LogP contribution in [0.1, 0.15) is 32.3 Å². The highest BCUT2D eigenvalue weighted by molar-refractivity contribution is 5.82. The molecule has 1 aromatic heterocycles. The maximum atomic E-state index is 5.80. The summed E-state index contributed by atoms with van der Waals surface area (Å²) in [6, 6.07) is 11.1. The van der Waals surface area contributed by atoms with E-state index >= 15 is 0 Å². The minimum Gasteiger partial charge on any atom is -0.477 e. The van der Waals surface area contributed by atoms with E-state index in [1.165, 1.54) is 23.8 Å². The number of nitrogens with one attached hydrogen (secondary N) is 1. The van der Waals surface area contributed by atoms with E-state index in [2.05, 4.69) is 48.4 Å². The zero-order valence-electron chi connectivity index (χ0n) is 12.2. The van der Waals surface area contributed by atoms with Crippen molar-refractivity contribution in [2.24, 2.45) is 5.92 Å². The van der Waals surface area contributed by atoms with Gasteiger partial charge in [0.25, 0.3) is 0 Å². The Labute approximate surface area is 120 Å². The Bertz CT molecular complexity index is 591. The highest BCUT2D eigenvalue weighted by atomic mass is 16.5. The van der Waals surface area contributed by atoms with E-state index in [4.69, 9.17) is 4.74 Å². The van der Waals surface area contributed by atoms with E-state index in [9.17, 15) is 0 Å². The van der Waals surface area contributed by atoms with Crippen molar-refractivity contribution in [2.45, 2.75) is 39.3 Å². The Hall–Kier alpha value is -1.61. The standard InChI is InChI=1S/C17H22N2O/c1-12(2)11-20-17-9-13(10-18-14-7-8-14)15-5-3-4-6-16(15)19-17/h3-6,9,12,14,18H,7-8,10-11H2,1-2H3. The first-order valence-electron chi connectivity index (χ1n) is 7.47. The van der Waals surface area contributed by atoms with Gasteiger partial charge in [-0.25, -0.2) is 4.98 Å². The molecule has 1 saturated carbocycles. The Morgan fingerprint density at radius 2 is 2.10 bits per heavy atom. The van der Waals surface area contributed by atoms with E-state index in [0.717, 1.165) is 17.9 Å². The van der Waals surface area contributed by atoms with Crippen molar-refractivity contribution in [3.8, 4) is 5.88 Å². The SMILES string of the molecule is CC(C)COc1cc(CNC2CC2)c2ccccc2n1. The third-order valence-corrected chi connectivity index (χ3v) is 3.50. The quantitative estimate of drug-likeness (QED) is 0.872. The zero-order chi connectivity index (χ0) is 13.9. The van der Waals surface area contributed by atoms with Crippen LogP contribution in [0.25, 0.3) is 10.9 Å². The fourth-order valence-corrected chi connectivity index (χ4v) is 2.23. The Kier molecular flexibility index (Phi) is 3.88. The van der Waals surface area contributed by atoms with Gasteiger partial charge >= 0.3 is 0 Å². The average Bonchev–Trinajstić information content (AvgIpc) is 3.26. The van der Waals surface area contributed by atoms with Crippen molar-refractivity contribution < 1.29 is 4.74 Å². The van der Waals surface area contributed by atoms with Crippen LogP contribution in [0.5, 0.6) is 5.88 Å². The summed E-state index contributed by atoms with van der Waals surface area (Å²) in [5.41, 5.74) is 2.29. The Balaban J connectivity index is 1.87. The van der Waals surface area contributed by atoms with Crippen molar-refractivity contribution in [1.82, 2.24) is 10.3 Å². The number of fused-ring (bicyclic) bond motifs is 1. The molecule has 2 aromatic rings. The van der Waals surface area contributed by atoms with Gasteiger partial charge in [0.05, 0.1) is 12.1 Å². The number of para-hydroxylation sites is 1. The normalized spacial score (nSPS) is 14.9. The molecule has 1 N–H and O–H groups in total. The molecule has 3 rings (SSSR count). The number of nitrogens with zero attached hydrogens (tertiary/aromatic N) is 1. The molecule has 0 aliphatic heterocycles. The van der Waals surface area contributed by atoms with Crippen molar-refractivity contribution in [2.75, 3.05) is 6.61 Å². The van der Waals surface area contributed by atoms with Gasteiger partial charge < -0.3 is 10.1 Å². The highest BCUT2D eigenvalue weighted by Crippen LogP contribution is 2.24. The first kappa shape index (κ1) is 13.4. The van der Waals surface area contributed by atoms with E-state index in [1.807, 2.05) is 6.07 Å². The summed E-state index contributed by atoms with van der Waals surface area (Å²) in [5.74, 6) is 1.25. The predicted molar refractivity (Wildman–Crippen MR) is 81.9 cm³/mol. The molecule has 3 nitrogen and oxygen atoms in total. The summed E-state index contributed by atoms with van der Waals surface area (Å²) in [6.07, 6.45) is 2.61. The lowest BCUT2D eigenvalue weighted by atomic mass is 10.1. The smallest absolute Gasteiger partial charge is 0.214 e. The van der Waals surface area contributed by atoms with Gasteiger partial charge in [0.1, 0.15) is 0 Å². The fourth-order valence-electron chi connectivity index (χ4n) is 2.23. The minimum atomic E-state index is 0.510. The lowest BCUT2D eigenvalue weighted by Gasteiger charge is -2.12. The van der Waals surface area contributed by atoms with Crippen LogP contribution in [0, 0.1) is 5.92 Å². The molecule has 0 spiro atoms. The third kappa shape index (κ3) is 3.28. The van der Waals surface area contributed by atoms with Crippen LogP contribution >= 0.6 is 0 Å². The predicted octanol–water partition coefficient (Wildman–Crippen LogP) is 3.52. The topological polar surface area (TPSA) is 34.1 Å². The van der Waals surface area contributed by atoms with E-state index in [1.54, 1.807) is 0 Å². The van der Waals surface area contributed by atoms with Crippen molar-refractivity contribution in [3.63, 3.8) is 0 Å². The molecule has 0 amide bonds. The molecule has 1 heterocycles. The summed E-state index contributed by atoms with van der Waals surface area (Å²) >= 11 is 0. The van der Waals surface area contributed by atoms with Crippen LogP contribution in [-0.2, 0) is 6.54 Å². The average molecular weight is 270 g/mol. The maximum absolute atomic E-state index is 5.80. The summed E-state index contributed by atoms with van der Waals surface area (Å²) in [5, 5.41) is 4.79. The molecule has 0 atom stereocenters. The van der Waals surface area contributed by atoms with Crippen molar-refractivity contribution in [1.29, 1.82) is 0 Å². The number of rotatable bonds is 6. The summed E-state index contributed by atoms with van der Waals surface area (Å²) in [6.45, 7) is 5.90. The molecule has 1 fully saturated rings. The third-order valence-electron chi connectivity index (χ3n) is 3.50. The molecule has 1 aliphatic rings. The number of aromatic nitrogens is 1. The largest absolute Gasteiger partial charge is 0.477 e. The number of pyridine rings is 1. The van der Waals surface area contributed by atoms with Gasteiger partial charge in [-0.2, -0.15) is 0 Å². The molecule has 3 heteroatoms. The number of hydrogen-bond donors (Lipinski definition) is 1. The van der Waals surface area contributed by atoms with Crippen molar-refractivity contribution in [3.05, 3.63) is 35.9 Å². The zero-order valence-corrected chi connectivity index (χ0v) is 12.2. The van der Waals surface area contributed by atoms with Crippen molar-refractivity contribution >= 4 is 10.9 Å². The second kappa shape index (κ2) is 5.80. The lowest BCUT2D eigenvalue weighted by Crippen LogP contribution is -2.16. The monoisotopic (exact) mass is 270 g/mol. The van der Waals surface area contributed by atoms with Crippen LogP contribution in [0.2, 0.25) is 0 Å². The second-order valence-electron chi connectivity index (χ2n) is 6.00. The molecular weight excluding hydrogens is 248 g/mol. The maximum Gasteiger partial charge on any atom is 0.214 e. The van der Waals surface area contributed by atoms with Crippen LogP contribution < -0.4 is 10.1 Å². The molecule has 0 unspecified atom stereocenters. The summed E-state index contributed by atoms with van der Waals surface area (Å²) < 4.78 is 5.80. The second-order valence-corrected chi connectivity index (χ2v) is 6.00. The fraction of sp³-hybridized carbons (Fsp3) is 0.471. The van der Waals surface area contributed by atoms with Gasteiger partial charge in [0, 0.05) is 24.0 Å². The van der Waals surface area contributed by atoms with Crippen LogP contribution in [-0.4, -0.2) is 17.6 Å². The Morgan fingerprint density at radius 1 is 1.30 bits per heavy atom. The first-order chi connectivity index (χ1) is 9.72. The highest BCUT2D eigenvalue weighted by Gasteiger charge is 2.20. The van der Waals surface area contributed by atoms with E-state index < -0.39 is 0 Å². The number of ether oxygens (including phenoxy) is 1. The molecule has 20 heavy (non-hydrogen) atoms. The molecule has 0 bridgehead atoms. The summed E-state index contributed by atoms with van der Waals surface area (Å²) in [4.78, 5) is 4.60. The van der Waals surface area contributed by atoms with Crippen LogP contribution in [0.15, 0.2) is 30.3 Å².